The third-order valence-electron chi connectivity index (χ3n) is 5.92. The molecule has 2 aliphatic heterocycles. The largest absolute Gasteiger partial charge is 0.493 e. The number of pyridine rings is 1. The molecule has 5 atom stereocenters. The average Bonchev–Trinajstić information content (AvgIpc) is 3.39. The highest BCUT2D eigenvalue weighted by Crippen LogP contribution is 2.39. The minimum Gasteiger partial charge on any atom is -0.493 e. The molecule has 1 aromatic carbocycles. The second-order valence-electron chi connectivity index (χ2n) is 7.58. The van der Waals surface area contributed by atoms with Gasteiger partial charge >= 0.3 is 0 Å². The fourth-order valence-electron chi connectivity index (χ4n) is 4.32. The summed E-state index contributed by atoms with van der Waals surface area (Å²) < 4.78 is 38.4. The van der Waals surface area contributed by atoms with E-state index in [0.29, 0.717) is 29.2 Å². The summed E-state index contributed by atoms with van der Waals surface area (Å²) in [4.78, 5) is 8.22. The van der Waals surface area contributed by atoms with Gasteiger partial charge in [-0.2, -0.15) is 0 Å². The Bertz CT molecular complexity index is 1090. The van der Waals surface area contributed by atoms with E-state index < -0.39 is 30.3 Å². The number of hydrogen-bond donors (Lipinski definition) is 2. The Morgan fingerprint density at radius 1 is 1.29 bits per heavy atom. The zero-order valence-electron chi connectivity index (χ0n) is 17.1. The van der Waals surface area contributed by atoms with Crippen molar-refractivity contribution in [3.05, 3.63) is 48.3 Å². The molecule has 5 rings (SSSR count). The number of methoxy groups -OCH3 is 2. The Labute approximate surface area is 177 Å². The Morgan fingerprint density at radius 2 is 2.10 bits per heavy atom. The van der Waals surface area contributed by atoms with Crippen molar-refractivity contribution in [2.24, 2.45) is 0 Å². The van der Waals surface area contributed by atoms with E-state index >= 15 is 0 Å². The van der Waals surface area contributed by atoms with E-state index in [1.807, 2.05) is 10.6 Å². The van der Waals surface area contributed by atoms with Gasteiger partial charge in [0, 0.05) is 30.4 Å². The van der Waals surface area contributed by atoms with Crippen molar-refractivity contribution >= 4 is 11.0 Å². The van der Waals surface area contributed by atoms with Gasteiger partial charge in [0.05, 0.1) is 56.5 Å². The molecule has 2 N–H and O–H groups in total. The molecule has 10 heteroatoms. The highest BCUT2D eigenvalue weighted by Gasteiger charge is 2.51. The molecule has 0 unspecified atom stereocenters. The fraction of sp³-hybridized carbons (Fsp3) is 0.429. The molecular weight excluding hydrogens is 407 g/mol. The topological polar surface area (TPSA) is 99.9 Å². The number of rotatable bonds is 6. The first-order valence-electron chi connectivity index (χ1n) is 9.96. The Morgan fingerprint density at radius 3 is 2.87 bits per heavy atom. The minimum atomic E-state index is -0.860. The predicted molar refractivity (Wildman–Crippen MR) is 107 cm³/mol. The lowest BCUT2D eigenvalue weighted by Gasteiger charge is -2.39. The van der Waals surface area contributed by atoms with Crippen molar-refractivity contribution in [3.8, 4) is 11.5 Å². The number of ether oxygens (including phenoxy) is 4. The van der Waals surface area contributed by atoms with Crippen molar-refractivity contribution in [1.82, 2.24) is 19.9 Å². The first-order chi connectivity index (χ1) is 15.1. The summed E-state index contributed by atoms with van der Waals surface area (Å²) in [5, 5.41) is 14.5. The molecular formula is C21H23FN4O5. The monoisotopic (exact) mass is 430 g/mol. The molecule has 2 aromatic heterocycles. The average molecular weight is 430 g/mol. The molecule has 2 fully saturated rings. The second-order valence-corrected chi connectivity index (χ2v) is 7.58. The molecule has 2 bridgehead atoms. The normalized spacial score (nSPS) is 27.5. The second kappa shape index (κ2) is 8.04. The summed E-state index contributed by atoms with van der Waals surface area (Å²) in [5.74, 6) is 0.716. The maximum absolute atomic E-state index is 14.0. The zero-order valence-corrected chi connectivity index (χ0v) is 17.1. The van der Waals surface area contributed by atoms with Crippen LogP contribution in [-0.2, 0) is 16.0 Å². The molecule has 0 saturated carbocycles. The Hall–Kier alpha value is -2.79. The van der Waals surface area contributed by atoms with Gasteiger partial charge in [-0.15, -0.1) is 0 Å². The van der Waals surface area contributed by atoms with E-state index in [9.17, 15) is 9.50 Å². The van der Waals surface area contributed by atoms with Gasteiger partial charge in [0.2, 0.25) is 0 Å². The van der Waals surface area contributed by atoms with Crippen LogP contribution in [0.2, 0.25) is 0 Å². The van der Waals surface area contributed by atoms with Crippen LogP contribution in [0.15, 0.2) is 36.9 Å². The zero-order chi connectivity index (χ0) is 21.5. The molecule has 31 heavy (non-hydrogen) atoms. The van der Waals surface area contributed by atoms with Crippen LogP contribution in [0, 0.1) is 5.82 Å². The van der Waals surface area contributed by atoms with Crippen LogP contribution >= 0.6 is 0 Å². The number of nitrogens with one attached hydrogen (secondary N) is 1. The Kier molecular flexibility index (Phi) is 5.22. The van der Waals surface area contributed by atoms with Crippen LogP contribution in [-0.4, -0.2) is 65.0 Å². The number of nitrogens with zero attached hydrogens (tertiary/aromatic N) is 3. The summed E-state index contributed by atoms with van der Waals surface area (Å²) in [7, 11) is 3.12. The molecule has 2 aliphatic rings. The first-order valence-corrected chi connectivity index (χ1v) is 9.96. The number of aliphatic hydroxyl groups excluding tert-OH is 1. The maximum Gasteiger partial charge on any atom is 0.181 e. The van der Waals surface area contributed by atoms with E-state index in [1.165, 1.54) is 12.4 Å². The summed E-state index contributed by atoms with van der Waals surface area (Å²) in [6.07, 6.45) is 2.52. The van der Waals surface area contributed by atoms with Crippen LogP contribution in [0.3, 0.4) is 0 Å². The first kappa shape index (κ1) is 20.1. The van der Waals surface area contributed by atoms with Gasteiger partial charge in [-0.1, -0.05) is 0 Å². The van der Waals surface area contributed by atoms with Gasteiger partial charge in [0.15, 0.2) is 17.8 Å². The molecule has 9 nitrogen and oxygen atoms in total. The van der Waals surface area contributed by atoms with Crippen molar-refractivity contribution in [2.75, 3.05) is 20.8 Å². The summed E-state index contributed by atoms with van der Waals surface area (Å²) in [6, 6.07) is 4.17. The van der Waals surface area contributed by atoms with Crippen LogP contribution < -0.4 is 14.8 Å². The molecule has 0 spiro atoms. The van der Waals surface area contributed by atoms with Gasteiger partial charge in [-0.25, -0.2) is 9.37 Å². The van der Waals surface area contributed by atoms with E-state index in [4.69, 9.17) is 18.9 Å². The van der Waals surface area contributed by atoms with E-state index in [1.54, 1.807) is 32.7 Å². The number of aliphatic hydroxyl groups is 1. The molecule has 3 aromatic rings. The predicted octanol–water partition coefficient (Wildman–Crippen LogP) is 1.40. The van der Waals surface area contributed by atoms with Gasteiger partial charge in [0.1, 0.15) is 18.0 Å². The summed E-state index contributed by atoms with van der Waals surface area (Å²) >= 11 is 0. The van der Waals surface area contributed by atoms with Crippen molar-refractivity contribution in [1.29, 1.82) is 0 Å². The lowest BCUT2D eigenvalue weighted by atomic mass is 9.95. The SMILES string of the molecule is COc1cc2ncn([C@H]3[C@@H]4OC[C@@H](O4)[C@@H](NCc4ccncc4F)[C@@H]3O)c2cc1OC. The van der Waals surface area contributed by atoms with Gasteiger partial charge < -0.3 is 33.9 Å². The standard InChI is InChI=1S/C21H23FN4O5/c1-28-15-5-13-14(6-16(15)29-2)26(10-25-13)19-20(27)18(17-9-30-21(19)31-17)24-7-11-3-4-23-8-12(11)22/h3-6,8,10,17-21,24,27H,7,9H2,1-2H3/t17-,18-,19-,20+,21-/m1/s1. The maximum atomic E-state index is 14.0. The highest BCUT2D eigenvalue weighted by atomic mass is 19.1. The smallest absolute Gasteiger partial charge is 0.181 e. The minimum absolute atomic E-state index is 0.225. The third kappa shape index (κ3) is 3.41. The number of imidazole rings is 1. The Balaban J connectivity index is 1.46. The molecule has 0 aliphatic carbocycles. The number of fused-ring (bicyclic) bond motifs is 3. The van der Waals surface area contributed by atoms with E-state index in [2.05, 4.69) is 15.3 Å². The van der Waals surface area contributed by atoms with Gasteiger partial charge in [-0.05, 0) is 6.07 Å². The summed E-state index contributed by atoms with van der Waals surface area (Å²) in [5.41, 5.74) is 1.90. The van der Waals surface area contributed by atoms with Crippen molar-refractivity contribution in [3.63, 3.8) is 0 Å². The van der Waals surface area contributed by atoms with Crippen LogP contribution in [0.4, 0.5) is 4.39 Å². The molecule has 0 radical (unpaired) electrons. The molecule has 164 valence electrons. The van der Waals surface area contributed by atoms with Gasteiger partial charge in [0.25, 0.3) is 0 Å². The van der Waals surface area contributed by atoms with E-state index in [0.717, 1.165) is 5.52 Å². The molecule has 4 heterocycles. The number of benzene rings is 1. The summed E-state index contributed by atoms with van der Waals surface area (Å²) in [6.45, 7) is 0.557. The van der Waals surface area contributed by atoms with Gasteiger partial charge in [-0.3, -0.25) is 4.98 Å². The van der Waals surface area contributed by atoms with Crippen molar-refractivity contribution < 1.29 is 28.4 Å². The number of halogens is 1. The number of hydrogen-bond acceptors (Lipinski definition) is 8. The fourth-order valence-corrected chi connectivity index (χ4v) is 4.32. The lowest BCUT2D eigenvalue weighted by Crippen LogP contribution is -2.57. The number of aromatic nitrogens is 3. The quantitative estimate of drug-likeness (QED) is 0.606. The highest BCUT2D eigenvalue weighted by molar-refractivity contribution is 5.80. The van der Waals surface area contributed by atoms with Crippen LogP contribution in [0.25, 0.3) is 11.0 Å². The van der Waals surface area contributed by atoms with Crippen molar-refractivity contribution in [2.45, 2.75) is 37.1 Å². The molecule has 2 saturated heterocycles. The molecule has 0 amide bonds. The lowest BCUT2D eigenvalue weighted by molar-refractivity contribution is -0.164. The van der Waals surface area contributed by atoms with Crippen LogP contribution in [0.5, 0.6) is 11.5 Å². The third-order valence-corrected chi connectivity index (χ3v) is 5.92. The van der Waals surface area contributed by atoms with E-state index in [-0.39, 0.29) is 12.6 Å². The van der Waals surface area contributed by atoms with Crippen LogP contribution in [0.1, 0.15) is 11.6 Å².